The van der Waals surface area contributed by atoms with Gasteiger partial charge in [0.1, 0.15) is 0 Å². The fourth-order valence-corrected chi connectivity index (χ4v) is 4.79. The Hall–Kier alpha value is -1.01. The van der Waals surface area contributed by atoms with Gasteiger partial charge in [-0.25, -0.2) is 0 Å². The second kappa shape index (κ2) is 8.20. The predicted molar refractivity (Wildman–Crippen MR) is 94.7 cm³/mol. The van der Waals surface area contributed by atoms with Crippen LogP contribution in [0.4, 0.5) is 0 Å². The molecule has 2 saturated heterocycles. The van der Waals surface area contributed by atoms with Gasteiger partial charge in [-0.2, -0.15) is 5.10 Å². The first-order valence-electron chi connectivity index (χ1n) is 8.95. The Kier molecular flexibility index (Phi) is 6.00. The Labute approximate surface area is 143 Å². The first-order valence-corrected chi connectivity index (χ1v) is 10.00. The number of amides is 1. The summed E-state index contributed by atoms with van der Waals surface area (Å²) in [5.74, 6) is 1.21. The lowest BCUT2D eigenvalue weighted by molar-refractivity contribution is 0.0756. The second-order valence-corrected chi connectivity index (χ2v) is 7.79. The van der Waals surface area contributed by atoms with Crippen LogP contribution in [0.25, 0.3) is 0 Å². The number of rotatable bonds is 6. The van der Waals surface area contributed by atoms with Crippen LogP contribution in [0.15, 0.2) is 12.4 Å². The second-order valence-electron chi connectivity index (χ2n) is 6.51. The summed E-state index contributed by atoms with van der Waals surface area (Å²) in [6.07, 6.45) is 9.87. The van der Waals surface area contributed by atoms with Gasteiger partial charge in [-0.3, -0.25) is 9.48 Å². The number of carbonyl (C=O) groups is 1. The summed E-state index contributed by atoms with van der Waals surface area (Å²) in [4.78, 5) is 17.2. The smallest absolute Gasteiger partial charge is 0.257 e. The molecule has 128 valence electrons. The van der Waals surface area contributed by atoms with Crippen molar-refractivity contribution in [3.05, 3.63) is 18.0 Å². The van der Waals surface area contributed by atoms with Crippen LogP contribution in [0.2, 0.25) is 0 Å². The highest BCUT2D eigenvalue weighted by Gasteiger charge is 2.29. The van der Waals surface area contributed by atoms with Crippen molar-refractivity contribution in [1.29, 1.82) is 0 Å². The molecule has 0 saturated carbocycles. The van der Waals surface area contributed by atoms with Crippen molar-refractivity contribution in [2.45, 2.75) is 50.9 Å². The Morgan fingerprint density at radius 3 is 2.87 bits per heavy atom. The van der Waals surface area contributed by atoms with Crippen LogP contribution >= 0.6 is 11.8 Å². The van der Waals surface area contributed by atoms with Gasteiger partial charge in [-0.05, 0) is 32.4 Å². The van der Waals surface area contributed by atoms with Gasteiger partial charge in [-0.15, -0.1) is 11.8 Å². The van der Waals surface area contributed by atoms with Crippen molar-refractivity contribution in [1.82, 2.24) is 19.6 Å². The Bertz CT molecular complexity index is 512. The summed E-state index contributed by atoms with van der Waals surface area (Å²) < 4.78 is 1.93. The number of hydrogen-bond donors (Lipinski definition) is 0. The van der Waals surface area contributed by atoms with Gasteiger partial charge in [0.15, 0.2) is 0 Å². The van der Waals surface area contributed by atoms with Gasteiger partial charge >= 0.3 is 0 Å². The van der Waals surface area contributed by atoms with E-state index in [1.807, 2.05) is 27.5 Å². The molecule has 0 radical (unpaired) electrons. The van der Waals surface area contributed by atoms with Crippen molar-refractivity contribution in [2.24, 2.45) is 0 Å². The molecule has 0 N–H and O–H groups in total. The zero-order valence-corrected chi connectivity index (χ0v) is 14.9. The summed E-state index contributed by atoms with van der Waals surface area (Å²) in [5, 5.41) is 4.75. The molecule has 23 heavy (non-hydrogen) atoms. The minimum atomic E-state index is 0.151. The van der Waals surface area contributed by atoms with Crippen molar-refractivity contribution in [3.63, 3.8) is 0 Å². The molecule has 0 unspecified atom stereocenters. The van der Waals surface area contributed by atoms with Gasteiger partial charge in [0.05, 0.1) is 23.7 Å². The Balaban J connectivity index is 1.54. The van der Waals surface area contributed by atoms with Crippen LogP contribution in [-0.2, 0) is 6.54 Å². The fraction of sp³-hybridized carbons (Fsp3) is 0.765. The minimum Gasteiger partial charge on any atom is -0.326 e. The molecule has 2 fully saturated rings. The third kappa shape index (κ3) is 4.29. The number of carbonyl (C=O) groups excluding carboxylic acids is 1. The predicted octanol–water partition coefficient (Wildman–Crippen LogP) is 2.68. The molecule has 0 spiro atoms. The molecule has 1 atom stereocenters. The maximum absolute atomic E-state index is 12.7. The Morgan fingerprint density at radius 1 is 1.26 bits per heavy atom. The van der Waals surface area contributed by atoms with Crippen LogP contribution in [0, 0.1) is 0 Å². The number of nitrogens with zero attached hydrogens (tertiary/aromatic N) is 4. The molecular formula is C17H28N4OS. The molecule has 2 aliphatic rings. The number of aromatic nitrogens is 2. The molecule has 1 amide bonds. The molecular weight excluding hydrogens is 308 g/mol. The average molecular weight is 337 g/mol. The van der Waals surface area contributed by atoms with Crippen molar-refractivity contribution in [2.75, 3.05) is 31.9 Å². The monoisotopic (exact) mass is 336 g/mol. The molecule has 1 aromatic rings. The fourth-order valence-electron chi connectivity index (χ4n) is 3.43. The SMILES string of the molecule is CCC[C@@H]1SCCN1C(=O)c1cnn(CCN2CCCCC2)c1. The summed E-state index contributed by atoms with van der Waals surface area (Å²) in [5.41, 5.74) is 0.743. The highest BCUT2D eigenvalue weighted by Crippen LogP contribution is 2.28. The highest BCUT2D eigenvalue weighted by atomic mass is 32.2. The van der Waals surface area contributed by atoms with E-state index in [1.165, 1.54) is 32.4 Å². The van der Waals surface area contributed by atoms with E-state index in [1.54, 1.807) is 6.20 Å². The van der Waals surface area contributed by atoms with Crippen molar-refractivity contribution in [3.8, 4) is 0 Å². The molecule has 3 rings (SSSR count). The first-order chi connectivity index (χ1) is 11.3. The van der Waals surface area contributed by atoms with E-state index in [9.17, 15) is 4.79 Å². The minimum absolute atomic E-state index is 0.151. The van der Waals surface area contributed by atoms with Crippen LogP contribution in [-0.4, -0.2) is 62.8 Å². The van der Waals surface area contributed by atoms with Crippen molar-refractivity contribution < 1.29 is 4.79 Å². The summed E-state index contributed by atoms with van der Waals surface area (Å²) in [6, 6.07) is 0. The average Bonchev–Trinajstić information content (AvgIpc) is 3.23. The van der Waals surface area contributed by atoms with Gasteiger partial charge in [0, 0.05) is 25.0 Å². The van der Waals surface area contributed by atoms with E-state index in [0.717, 1.165) is 43.8 Å². The third-order valence-electron chi connectivity index (χ3n) is 4.76. The molecule has 0 aromatic carbocycles. The van der Waals surface area contributed by atoms with E-state index >= 15 is 0 Å². The molecule has 3 heterocycles. The quantitative estimate of drug-likeness (QED) is 0.801. The molecule has 6 heteroatoms. The van der Waals surface area contributed by atoms with Gasteiger partial charge < -0.3 is 9.80 Å². The van der Waals surface area contributed by atoms with Crippen LogP contribution in [0.5, 0.6) is 0 Å². The van der Waals surface area contributed by atoms with Crippen LogP contribution in [0.1, 0.15) is 49.4 Å². The lowest BCUT2D eigenvalue weighted by Crippen LogP contribution is -2.34. The van der Waals surface area contributed by atoms with Crippen LogP contribution in [0.3, 0.4) is 0 Å². The lowest BCUT2D eigenvalue weighted by Gasteiger charge is -2.26. The maximum Gasteiger partial charge on any atom is 0.257 e. The number of thioether (sulfide) groups is 1. The van der Waals surface area contributed by atoms with E-state index in [0.29, 0.717) is 5.37 Å². The number of piperidine rings is 1. The molecule has 1 aromatic heterocycles. The zero-order chi connectivity index (χ0) is 16.1. The van der Waals surface area contributed by atoms with Gasteiger partial charge in [-0.1, -0.05) is 19.8 Å². The van der Waals surface area contributed by atoms with Crippen molar-refractivity contribution >= 4 is 17.7 Å². The highest BCUT2D eigenvalue weighted by molar-refractivity contribution is 8.00. The molecule has 5 nitrogen and oxygen atoms in total. The van der Waals surface area contributed by atoms with E-state index in [4.69, 9.17) is 0 Å². The molecule has 0 bridgehead atoms. The maximum atomic E-state index is 12.7. The number of likely N-dealkylation sites (tertiary alicyclic amines) is 1. The van der Waals surface area contributed by atoms with Gasteiger partial charge in [0.25, 0.3) is 5.91 Å². The zero-order valence-electron chi connectivity index (χ0n) is 14.1. The van der Waals surface area contributed by atoms with E-state index in [2.05, 4.69) is 16.9 Å². The summed E-state index contributed by atoms with van der Waals surface area (Å²) >= 11 is 1.91. The normalized spacial score (nSPS) is 22.7. The first kappa shape index (κ1) is 16.8. The molecule has 2 aliphatic heterocycles. The third-order valence-corrected chi connectivity index (χ3v) is 6.05. The van der Waals surface area contributed by atoms with Gasteiger partial charge in [0.2, 0.25) is 0 Å². The molecule has 0 aliphatic carbocycles. The summed E-state index contributed by atoms with van der Waals surface area (Å²) in [6.45, 7) is 7.37. The lowest BCUT2D eigenvalue weighted by atomic mass is 10.1. The number of hydrogen-bond acceptors (Lipinski definition) is 4. The standard InChI is InChI=1S/C17H28N4OS/c1-2-6-16-21(11-12-23-16)17(22)15-13-18-20(14-15)10-9-19-7-4-3-5-8-19/h13-14,16H,2-12H2,1H3/t16-/m0/s1. The van der Waals surface area contributed by atoms with E-state index in [-0.39, 0.29) is 5.91 Å². The topological polar surface area (TPSA) is 41.4 Å². The largest absolute Gasteiger partial charge is 0.326 e. The van der Waals surface area contributed by atoms with Crippen LogP contribution < -0.4 is 0 Å². The Morgan fingerprint density at radius 2 is 2.09 bits per heavy atom. The summed E-state index contributed by atoms with van der Waals surface area (Å²) in [7, 11) is 0. The van der Waals surface area contributed by atoms with E-state index < -0.39 is 0 Å².